The highest BCUT2D eigenvalue weighted by Gasteiger charge is 2.20. The summed E-state index contributed by atoms with van der Waals surface area (Å²) in [5.41, 5.74) is 6.23. The second kappa shape index (κ2) is 6.71. The molecule has 0 saturated heterocycles. The van der Waals surface area contributed by atoms with Gasteiger partial charge in [0.1, 0.15) is 0 Å². The summed E-state index contributed by atoms with van der Waals surface area (Å²) in [4.78, 5) is 10.1. The first-order valence-corrected chi connectivity index (χ1v) is 9.95. The van der Waals surface area contributed by atoms with Crippen molar-refractivity contribution in [1.82, 2.24) is 18.8 Å². The molecule has 0 aliphatic heterocycles. The average molecular weight is 386 g/mol. The lowest BCUT2D eigenvalue weighted by Crippen LogP contribution is -1.94. The number of pyridine rings is 2. The molecule has 2 aromatic carbocycles. The first-order valence-electron chi connectivity index (χ1n) is 9.95. The van der Waals surface area contributed by atoms with Crippen molar-refractivity contribution in [3.8, 4) is 34.2 Å². The average Bonchev–Trinajstić information content (AvgIpc) is 3.39. The number of aromatic nitrogens is 4. The van der Waals surface area contributed by atoms with Gasteiger partial charge in [-0.3, -0.25) is 8.80 Å². The summed E-state index contributed by atoms with van der Waals surface area (Å²) in [5.74, 6) is 1.65. The molecule has 0 fully saturated rings. The van der Waals surface area contributed by atoms with E-state index < -0.39 is 0 Å². The number of fused-ring (bicyclic) bond motifs is 2. The van der Waals surface area contributed by atoms with Crippen LogP contribution in [0, 0.1) is 0 Å². The molecule has 0 spiro atoms. The molecule has 0 bridgehead atoms. The van der Waals surface area contributed by atoms with Gasteiger partial charge in [0, 0.05) is 23.5 Å². The molecule has 4 nitrogen and oxygen atoms in total. The first-order chi connectivity index (χ1) is 14.9. The van der Waals surface area contributed by atoms with Gasteiger partial charge in [-0.25, -0.2) is 9.97 Å². The molecule has 0 unspecified atom stereocenters. The molecule has 6 rings (SSSR count). The minimum absolute atomic E-state index is 0.827. The van der Waals surface area contributed by atoms with Crippen LogP contribution in [0.15, 0.2) is 109 Å². The van der Waals surface area contributed by atoms with Crippen LogP contribution in [0.3, 0.4) is 0 Å². The standard InChI is InChI=1S/C26H18N4/c1-3-11-19(12-4-1)23-21-15-7-9-17-29(21)25(27-23)26-28-24(20-13-5-2-6-14-20)22-16-8-10-18-30(22)26/h1-18H. The summed E-state index contributed by atoms with van der Waals surface area (Å²) in [7, 11) is 0. The van der Waals surface area contributed by atoms with E-state index in [4.69, 9.17) is 9.97 Å². The predicted octanol–water partition coefficient (Wildman–Crippen LogP) is 5.98. The maximum Gasteiger partial charge on any atom is 0.182 e. The maximum atomic E-state index is 5.07. The zero-order chi connectivity index (χ0) is 19.9. The van der Waals surface area contributed by atoms with Crippen LogP contribution in [-0.4, -0.2) is 18.8 Å². The Balaban J connectivity index is 1.66. The van der Waals surface area contributed by atoms with Gasteiger partial charge in [0.25, 0.3) is 0 Å². The molecular formula is C26H18N4. The van der Waals surface area contributed by atoms with E-state index in [1.165, 1.54) is 0 Å². The lowest BCUT2D eigenvalue weighted by molar-refractivity contribution is 1.07. The largest absolute Gasteiger partial charge is 0.297 e. The van der Waals surface area contributed by atoms with Crippen molar-refractivity contribution < 1.29 is 0 Å². The Morgan fingerprint density at radius 2 is 0.833 bits per heavy atom. The van der Waals surface area contributed by atoms with Crippen LogP contribution < -0.4 is 0 Å². The minimum Gasteiger partial charge on any atom is -0.297 e. The number of hydrogen-bond donors (Lipinski definition) is 0. The third kappa shape index (κ3) is 2.54. The van der Waals surface area contributed by atoms with Gasteiger partial charge in [-0.2, -0.15) is 0 Å². The third-order valence-electron chi connectivity index (χ3n) is 5.39. The molecule has 142 valence electrons. The fourth-order valence-corrected chi connectivity index (χ4v) is 4.01. The summed E-state index contributed by atoms with van der Waals surface area (Å²) < 4.78 is 4.25. The lowest BCUT2D eigenvalue weighted by atomic mass is 10.1. The fourth-order valence-electron chi connectivity index (χ4n) is 4.01. The van der Waals surface area contributed by atoms with Crippen LogP contribution in [0.1, 0.15) is 0 Å². The maximum absolute atomic E-state index is 5.07. The van der Waals surface area contributed by atoms with Gasteiger partial charge in [0.2, 0.25) is 0 Å². The van der Waals surface area contributed by atoms with E-state index in [2.05, 4.69) is 57.6 Å². The molecule has 30 heavy (non-hydrogen) atoms. The summed E-state index contributed by atoms with van der Waals surface area (Å²) in [6, 6.07) is 33.0. The van der Waals surface area contributed by atoms with E-state index in [0.29, 0.717) is 0 Å². The highest BCUT2D eigenvalue weighted by Crippen LogP contribution is 2.32. The van der Waals surface area contributed by atoms with Gasteiger partial charge in [-0.15, -0.1) is 0 Å². The Labute approximate surface area is 173 Å². The molecule has 0 aliphatic carbocycles. The number of hydrogen-bond acceptors (Lipinski definition) is 2. The molecule has 0 radical (unpaired) electrons. The van der Waals surface area contributed by atoms with Crippen LogP contribution >= 0.6 is 0 Å². The van der Waals surface area contributed by atoms with E-state index in [1.54, 1.807) is 0 Å². The summed E-state index contributed by atoms with van der Waals surface area (Å²) in [6.45, 7) is 0. The quantitative estimate of drug-likeness (QED) is 0.375. The highest BCUT2D eigenvalue weighted by atomic mass is 15.1. The lowest BCUT2D eigenvalue weighted by Gasteiger charge is -2.00. The molecule has 6 aromatic rings. The normalized spacial score (nSPS) is 11.3. The second-order valence-corrected chi connectivity index (χ2v) is 7.21. The minimum atomic E-state index is 0.827. The Morgan fingerprint density at radius 1 is 0.433 bits per heavy atom. The van der Waals surface area contributed by atoms with Crippen molar-refractivity contribution in [3.63, 3.8) is 0 Å². The number of nitrogens with zero attached hydrogens (tertiary/aromatic N) is 4. The van der Waals surface area contributed by atoms with Crippen LogP contribution in [0.4, 0.5) is 0 Å². The zero-order valence-corrected chi connectivity index (χ0v) is 16.2. The number of rotatable bonds is 3. The van der Waals surface area contributed by atoms with E-state index >= 15 is 0 Å². The SMILES string of the molecule is c1ccc(-c2nc(-c3nc(-c4ccccc4)c4ccccn34)n3ccccc23)cc1. The highest BCUT2D eigenvalue weighted by molar-refractivity contribution is 5.84. The summed E-state index contributed by atoms with van der Waals surface area (Å²) in [5, 5.41) is 0. The Bertz CT molecular complexity index is 1360. The Hall–Kier alpha value is -4.18. The molecule has 4 heterocycles. The van der Waals surface area contributed by atoms with Crippen LogP contribution in [0.5, 0.6) is 0 Å². The van der Waals surface area contributed by atoms with Crippen LogP contribution in [0.25, 0.3) is 45.2 Å². The van der Waals surface area contributed by atoms with Gasteiger partial charge in [0.15, 0.2) is 11.6 Å². The van der Waals surface area contributed by atoms with E-state index in [9.17, 15) is 0 Å². The second-order valence-electron chi connectivity index (χ2n) is 7.21. The van der Waals surface area contributed by atoms with Crippen molar-refractivity contribution in [2.24, 2.45) is 0 Å². The van der Waals surface area contributed by atoms with Gasteiger partial charge in [-0.1, -0.05) is 72.8 Å². The molecule has 0 saturated carbocycles. The molecule has 4 heteroatoms. The predicted molar refractivity (Wildman–Crippen MR) is 120 cm³/mol. The number of benzene rings is 2. The molecular weight excluding hydrogens is 368 g/mol. The van der Waals surface area contributed by atoms with Gasteiger partial charge in [-0.05, 0) is 24.3 Å². The smallest absolute Gasteiger partial charge is 0.182 e. The van der Waals surface area contributed by atoms with E-state index in [-0.39, 0.29) is 0 Å². The van der Waals surface area contributed by atoms with Crippen molar-refractivity contribution in [1.29, 1.82) is 0 Å². The first kappa shape index (κ1) is 16.7. The van der Waals surface area contributed by atoms with Crippen molar-refractivity contribution in [2.75, 3.05) is 0 Å². The molecule has 0 amide bonds. The van der Waals surface area contributed by atoms with Gasteiger partial charge >= 0.3 is 0 Å². The summed E-state index contributed by atoms with van der Waals surface area (Å²) in [6.07, 6.45) is 4.10. The molecule has 0 N–H and O–H groups in total. The number of imidazole rings is 2. The third-order valence-corrected chi connectivity index (χ3v) is 5.39. The van der Waals surface area contributed by atoms with Crippen molar-refractivity contribution in [3.05, 3.63) is 109 Å². The topological polar surface area (TPSA) is 34.6 Å². The van der Waals surface area contributed by atoms with Crippen molar-refractivity contribution >= 4 is 11.0 Å². The monoisotopic (exact) mass is 386 g/mol. The van der Waals surface area contributed by atoms with E-state index in [0.717, 1.165) is 45.2 Å². The van der Waals surface area contributed by atoms with Gasteiger partial charge < -0.3 is 0 Å². The Kier molecular flexibility index (Phi) is 3.74. The molecule has 0 aliphatic rings. The zero-order valence-electron chi connectivity index (χ0n) is 16.2. The van der Waals surface area contributed by atoms with Crippen LogP contribution in [-0.2, 0) is 0 Å². The molecule has 4 aromatic heterocycles. The Morgan fingerprint density at radius 3 is 1.27 bits per heavy atom. The van der Waals surface area contributed by atoms with E-state index in [1.807, 2.05) is 60.7 Å². The van der Waals surface area contributed by atoms with Crippen molar-refractivity contribution in [2.45, 2.75) is 0 Å². The molecule has 0 atom stereocenters. The van der Waals surface area contributed by atoms with Crippen LogP contribution in [0.2, 0.25) is 0 Å². The summed E-state index contributed by atoms with van der Waals surface area (Å²) >= 11 is 0. The fraction of sp³-hybridized carbons (Fsp3) is 0. The van der Waals surface area contributed by atoms with Gasteiger partial charge in [0.05, 0.1) is 22.4 Å².